The highest BCUT2D eigenvalue weighted by atomic mass is 35.5. The Balaban J connectivity index is 0.000000461. The molecule has 0 heterocycles. The van der Waals surface area contributed by atoms with Gasteiger partial charge in [-0.15, -0.1) is 11.6 Å². The van der Waals surface area contributed by atoms with Crippen molar-refractivity contribution in [1.29, 1.82) is 0 Å². The smallest absolute Gasteiger partial charge is 0.123 e. The van der Waals surface area contributed by atoms with Crippen molar-refractivity contribution in [3.05, 3.63) is 30.1 Å². The quantitative estimate of drug-likeness (QED) is 0.390. The molecule has 0 atom stereocenters. The van der Waals surface area contributed by atoms with Crippen LogP contribution in [-0.4, -0.2) is 6.38 Å². The van der Waals surface area contributed by atoms with Crippen molar-refractivity contribution in [3.8, 4) is 0 Å². The number of hydrazine groups is 1. The summed E-state index contributed by atoms with van der Waals surface area (Å²) in [6, 6.07) is 5.81. The van der Waals surface area contributed by atoms with Crippen molar-refractivity contribution in [3.63, 3.8) is 0 Å². The van der Waals surface area contributed by atoms with Gasteiger partial charge in [-0.3, -0.25) is 5.84 Å². The van der Waals surface area contributed by atoms with E-state index in [2.05, 4.69) is 17.0 Å². The van der Waals surface area contributed by atoms with Crippen LogP contribution in [0.3, 0.4) is 0 Å². The zero-order valence-corrected chi connectivity index (χ0v) is 6.90. The highest BCUT2D eigenvalue weighted by Crippen LogP contribution is 2.05. The molecule has 0 aromatic heterocycles. The number of halogens is 2. The Morgan fingerprint density at radius 1 is 1.27 bits per heavy atom. The molecule has 2 nitrogen and oxygen atoms in total. The topological polar surface area (TPSA) is 38.0 Å². The molecule has 1 aromatic rings. The van der Waals surface area contributed by atoms with Crippen LogP contribution < -0.4 is 11.3 Å². The van der Waals surface area contributed by atoms with Crippen LogP contribution in [0.4, 0.5) is 10.1 Å². The van der Waals surface area contributed by atoms with Gasteiger partial charge in [-0.2, -0.15) is 0 Å². The van der Waals surface area contributed by atoms with Crippen molar-refractivity contribution < 1.29 is 4.39 Å². The number of alkyl halides is 1. The van der Waals surface area contributed by atoms with Crippen molar-refractivity contribution >= 4 is 17.3 Å². The van der Waals surface area contributed by atoms with Gasteiger partial charge in [-0.1, -0.05) is 0 Å². The third-order valence-corrected chi connectivity index (χ3v) is 1.01. The fraction of sp³-hybridized carbons (Fsp3) is 0.143. The van der Waals surface area contributed by atoms with Gasteiger partial charge in [0.05, 0.1) is 0 Å². The van der Waals surface area contributed by atoms with Crippen molar-refractivity contribution in [2.24, 2.45) is 5.84 Å². The van der Waals surface area contributed by atoms with Gasteiger partial charge in [0.15, 0.2) is 0 Å². The van der Waals surface area contributed by atoms with E-state index in [1.807, 2.05) is 0 Å². The van der Waals surface area contributed by atoms with E-state index >= 15 is 0 Å². The van der Waals surface area contributed by atoms with Gasteiger partial charge in [0, 0.05) is 12.1 Å². The van der Waals surface area contributed by atoms with Crippen LogP contribution in [0, 0.1) is 5.82 Å². The SMILES string of the molecule is CCl.NNc1ccc(F)cc1. The summed E-state index contributed by atoms with van der Waals surface area (Å²) >= 11 is 4.64. The lowest BCUT2D eigenvalue weighted by Crippen LogP contribution is -2.05. The lowest BCUT2D eigenvalue weighted by atomic mass is 10.3. The van der Waals surface area contributed by atoms with Crippen LogP contribution in [0.25, 0.3) is 0 Å². The van der Waals surface area contributed by atoms with Crippen LogP contribution in [0.5, 0.6) is 0 Å². The maximum absolute atomic E-state index is 12.2. The number of benzene rings is 1. The molecule has 1 aromatic carbocycles. The molecule has 0 bridgehead atoms. The second kappa shape index (κ2) is 5.95. The van der Waals surface area contributed by atoms with E-state index in [1.165, 1.54) is 18.5 Å². The number of hydrogen-bond donors (Lipinski definition) is 2. The predicted octanol–water partition coefficient (Wildman–Crippen LogP) is 1.97. The van der Waals surface area contributed by atoms with Gasteiger partial charge in [-0.05, 0) is 24.3 Å². The first-order chi connectivity index (χ1) is 5.33. The number of nitrogens with one attached hydrogen (secondary N) is 1. The number of nitrogen functional groups attached to an aromatic ring is 1. The molecular formula is C7H10ClFN2. The van der Waals surface area contributed by atoms with E-state index < -0.39 is 0 Å². The largest absolute Gasteiger partial charge is 0.324 e. The molecule has 0 unspecified atom stereocenters. The standard InChI is InChI=1S/C6H7FN2.CH3Cl/c7-5-1-3-6(9-8)4-2-5;1-2/h1-4,9H,8H2;1H3. The average molecular weight is 177 g/mol. The molecule has 0 saturated carbocycles. The molecule has 0 spiro atoms. The molecular weight excluding hydrogens is 167 g/mol. The molecule has 3 N–H and O–H groups in total. The van der Waals surface area contributed by atoms with E-state index in [0.717, 1.165) is 0 Å². The molecule has 0 amide bonds. The first kappa shape index (κ1) is 10.2. The Kier molecular flexibility index (Phi) is 5.51. The van der Waals surface area contributed by atoms with Gasteiger partial charge in [0.25, 0.3) is 0 Å². The first-order valence-corrected chi connectivity index (χ1v) is 3.68. The third kappa shape index (κ3) is 3.80. The molecule has 0 aliphatic rings. The molecule has 0 fully saturated rings. The van der Waals surface area contributed by atoms with Crippen LogP contribution in [0.1, 0.15) is 0 Å². The second-order valence-electron chi connectivity index (χ2n) is 1.65. The Labute approximate surface area is 70.1 Å². The maximum Gasteiger partial charge on any atom is 0.123 e. The van der Waals surface area contributed by atoms with Crippen LogP contribution in [-0.2, 0) is 0 Å². The summed E-state index contributed by atoms with van der Waals surface area (Å²) in [5.74, 6) is 4.77. The van der Waals surface area contributed by atoms with Crippen molar-refractivity contribution in [2.75, 3.05) is 11.8 Å². The maximum atomic E-state index is 12.2. The molecule has 62 valence electrons. The van der Waals surface area contributed by atoms with Gasteiger partial charge < -0.3 is 5.43 Å². The van der Waals surface area contributed by atoms with Crippen molar-refractivity contribution in [1.82, 2.24) is 0 Å². The first-order valence-electron chi connectivity index (χ1n) is 2.93. The molecule has 0 radical (unpaired) electrons. The molecule has 0 saturated heterocycles. The minimum atomic E-state index is -0.256. The highest BCUT2D eigenvalue weighted by Gasteiger charge is 1.87. The second-order valence-corrected chi connectivity index (χ2v) is 1.65. The average Bonchev–Trinajstić information content (AvgIpc) is 2.10. The van der Waals surface area contributed by atoms with Gasteiger partial charge in [-0.25, -0.2) is 4.39 Å². The number of hydrogen-bond acceptors (Lipinski definition) is 2. The predicted molar refractivity (Wildman–Crippen MR) is 46.0 cm³/mol. The van der Waals surface area contributed by atoms with E-state index in [1.54, 1.807) is 12.1 Å². The summed E-state index contributed by atoms with van der Waals surface area (Å²) in [7, 11) is 0. The normalized spacial score (nSPS) is 8.00. The monoisotopic (exact) mass is 176 g/mol. The third-order valence-electron chi connectivity index (χ3n) is 1.01. The summed E-state index contributed by atoms with van der Waals surface area (Å²) in [5, 5.41) is 0. The Bertz CT molecular complexity index is 188. The van der Waals surface area contributed by atoms with E-state index in [9.17, 15) is 4.39 Å². The zero-order chi connectivity index (χ0) is 8.69. The minimum Gasteiger partial charge on any atom is -0.324 e. The molecule has 0 aliphatic heterocycles. The molecule has 11 heavy (non-hydrogen) atoms. The summed E-state index contributed by atoms with van der Waals surface area (Å²) < 4.78 is 12.2. The van der Waals surface area contributed by atoms with Gasteiger partial charge in [0.1, 0.15) is 5.82 Å². The lowest BCUT2D eigenvalue weighted by Gasteiger charge is -1.95. The van der Waals surface area contributed by atoms with Crippen LogP contribution >= 0.6 is 11.6 Å². The minimum absolute atomic E-state index is 0.256. The Morgan fingerprint density at radius 2 is 1.73 bits per heavy atom. The van der Waals surface area contributed by atoms with Gasteiger partial charge in [0.2, 0.25) is 0 Å². The van der Waals surface area contributed by atoms with E-state index in [4.69, 9.17) is 5.84 Å². The molecule has 4 heteroatoms. The summed E-state index contributed by atoms with van der Waals surface area (Å²) in [6.45, 7) is 0. The fourth-order valence-corrected chi connectivity index (χ4v) is 0.546. The van der Waals surface area contributed by atoms with Crippen LogP contribution in [0.2, 0.25) is 0 Å². The van der Waals surface area contributed by atoms with E-state index in [-0.39, 0.29) is 5.82 Å². The Hall–Kier alpha value is -0.800. The summed E-state index contributed by atoms with van der Waals surface area (Å²) in [5.41, 5.74) is 3.09. The van der Waals surface area contributed by atoms with Crippen molar-refractivity contribution in [2.45, 2.75) is 0 Å². The van der Waals surface area contributed by atoms with Gasteiger partial charge >= 0.3 is 0 Å². The number of rotatable bonds is 1. The molecule has 1 rings (SSSR count). The lowest BCUT2D eigenvalue weighted by molar-refractivity contribution is 0.628. The number of nitrogens with two attached hydrogens (primary N) is 1. The van der Waals surface area contributed by atoms with E-state index in [0.29, 0.717) is 5.69 Å². The molecule has 0 aliphatic carbocycles. The highest BCUT2D eigenvalue weighted by molar-refractivity contribution is 6.15. The van der Waals surface area contributed by atoms with Crippen LogP contribution in [0.15, 0.2) is 24.3 Å². The summed E-state index contributed by atoms with van der Waals surface area (Å²) in [6.07, 6.45) is 1.47. The zero-order valence-electron chi connectivity index (χ0n) is 6.14. The number of anilines is 1. The summed E-state index contributed by atoms with van der Waals surface area (Å²) in [4.78, 5) is 0. The fourth-order valence-electron chi connectivity index (χ4n) is 0.546. The Morgan fingerprint density at radius 3 is 2.09 bits per heavy atom.